The number of nitrogens with zero attached hydrogens (tertiary/aromatic N) is 1. The second kappa shape index (κ2) is 8.65. The van der Waals surface area contributed by atoms with Crippen LogP contribution < -0.4 is 5.73 Å². The number of rotatable bonds is 2. The van der Waals surface area contributed by atoms with Gasteiger partial charge in [0.25, 0.3) is 0 Å². The van der Waals surface area contributed by atoms with Gasteiger partial charge in [-0.25, -0.2) is 0 Å². The zero-order chi connectivity index (χ0) is 15.0. The van der Waals surface area contributed by atoms with E-state index < -0.39 is 0 Å². The fourth-order valence-electron chi connectivity index (χ4n) is 1.77. The summed E-state index contributed by atoms with van der Waals surface area (Å²) in [7, 11) is 0. The van der Waals surface area contributed by atoms with Gasteiger partial charge in [-0.2, -0.15) is 5.26 Å². The Morgan fingerprint density at radius 3 is 2.30 bits per heavy atom. The average Bonchev–Trinajstić information content (AvgIpc) is 2.48. The topological polar surface area (TPSA) is 49.8 Å². The van der Waals surface area contributed by atoms with E-state index in [1.54, 1.807) is 0 Å². The Kier molecular flexibility index (Phi) is 7.17. The highest BCUT2D eigenvalue weighted by atomic mass is 35.5. The molecule has 2 aromatic rings. The van der Waals surface area contributed by atoms with E-state index >= 15 is 0 Å². The molecule has 0 spiro atoms. The molecular formula is C16H17ClN2S. The molecule has 4 heteroatoms. The zero-order valence-corrected chi connectivity index (χ0v) is 13.0. The van der Waals surface area contributed by atoms with Gasteiger partial charge >= 0.3 is 0 Å². The van der Waals surface area contributed by atoms with E-state index in [1.165, 1.54) is 0 Å². The van der Waals surface area contributed by atoms with Crippen LogP contribution in [-0.2, 0) is 0 Å². The van der Waals surface area contributed by atoms with Crippen molar-refractivity contribution in [3.8, 4) is 17.2 Å². The second-order valence-corrected chi connectivity index (χ2v) is 5.03. The maximum atomic E-state index is 9.09. The lowest BCUT2D eigenvalue weighted by Crippen LogP contribution is -1.97. The highest BCUT2D eigenvalue weighted by Gasteiger charge is 2.07. The summed E-state index contributed by atoms with van der Waals surface area (Å²) in [6.45, 7) is 2.60. The predicted octanol–water partition coefficient (Wildman–Crippen LogP) is 4.01. The SMILES string of the molecule is Cc1cccc(C#N)c1-c1ccc(S)cc1.NCCCl. The van der Waals surface area contributed by atoms with Crippen LogP contribution in [-0.4, -0.2) is 12.4 Å². The van der Waals surface area contributed by atoms with Crippen LogP contribution in [0.1, 0.15) is 11.1 Å². The van der Waals surface area contributed by atoms with Crippen LogP contribution in [0.25, 0.3) is 11.1 Å². The van der Waals surface area contributed by atoms with E-state index in [4.69, 9.17) is 22.6 Å². The highest BCUT2D eigenvalue weighted by Crippen LogP contribution is 2.27. The smallest absolute Gasteiger partial charge is 0.0998 e. The Bertz CT molecular complexity index is 586. The van der Waals surface area contributed by atoms with Crippen molar-refractivity contribution >= 4 is 24.2 Å². The maximum Gasteiger partial charge on any atom is 0.0998 e. The van der Waals surface area contributed by atoms with Gasteiger partial charge in [-0.05, 0) is 36.2 Å². The average molecular weight is 305 g/mol. The van der Waals surface area contributed by atoms with E-state index in [0.717, 1.165) is 21.6 Å². The number of hydrogen-bond donors (Lipinski definition) is 2. The third kappa shape index (κ3) is 4.57. The third-order valence-electron chi connectivity index (χ3n) is 2.66. The van der Waals surface area contributed by atoms with Crippen LogP contribution in [0, 0.1) is 18.3 Å². The largest absolute Gasteiger partial charge is 0.329 e. The highest BCUT2D eigenvalue weighted by molar-refractivity contribution is 7.80. The number of nitrogens with two attached hydrogens (primary N) is 1. The summed E-state index contributed by atoms with van der Waals surface area (Å²) in [5, 5.41) is 9.09. The van der Waals surface area contributed by atoms with Crippen molar-refractivity contribution in [3.05, 3.63) is 53.6 Å². The van der Waals surface area contributed by atoms with Gasteiger partial charge in [0.15, 0.2) is 0 Å². The molecule has 2 N–H and O–H groups in total. The molecule has 20 heavy (non-hydrogen) atoms. The third-order valence-corrected chi connectivity index (χ3v) is 3.17. The molecule has 0 bridgehead atoms. The number of halogens is 1. The molecule has 0 unspecified atom stereocenters. The first-order chi connectivity index (χ1) is 9.63. The number of aryl methyl sites for hydroxylation is 1. The van der Waals surface area contributed by atoms with Crippen molar-refractivity contribution in [2.45, 2.75) is 11.8 Å². The Hall–Kier alpha value is -1.47. The number of nitriles is 1. The predicted molar refractivity (Wildman–Crippen MR) is 88.4 cm³/mol. The second-order valence-electron chi connectivity index (χ2n) is 4.13. The molecule has 0 atom stereocenters. The minimum absolute atomic E-state index is 0.569. The Morgan fingerprint density at radius 1 is 1.20 bits per heavy atom. The molecule has 0 saturated carbocycles. The number of thiol groups is 1. The van der Waals surface area contributed by atoms with Crippen molar-refractivity contribution in [1.29, 1.82) is 5.26 Å². The van der Waals surface area contributed by atoms with E-state index in [-0.39, 0.29) is 0 Å². The monoisotopic (exact) mass is 304 g/mol. The first-order valence-electron chi connectivity index (χ1n) is 6.19. The van der Waals surface area contributed by atoms with Gasteiger partial charge in [0.2, 0.25) is 0 Å². The number of alkyl halides is 1. The molecule has 2 rings (SSSR count). The van der Waals surface area contributed by atoms with Crippen LogP contribution in [0.2, 0.25) is 0 Å². The fraction of sp³-hybridized carbons (Fsp3) is 0.188. The van der Waals surface area contributed by atoms with E-state index in [0.29, 0.717) is 18.0 Å². The summed E-state index contributed by atoms with van der Waals surface area (Å²) < 4.78 is 0. The van der Waals surface area contributed by atoms with Crippen molar-refractivity contribution < 1.29 is 0 Å². The standard InChI is InChI=1S/C14H11NS.C2H6ClN/c1-10-3-2-4-12(9-15)14(10)11-5-7-13(16)8-6-11;3-1-2-4/h2-8,16H,1H3;1-2,4H2. The van der Waals surface area contributed by atoms with E-state index in [9.17, 15) is 0 Å². The fourth-order valence-corrected chi connectivity index (χ4v) is 1.92. The lowest BCUT2D eigenvalue weighted by molar-refractivity contribution is 1.14. The molecular weight excluding hydrogens is 288 g/mol. The molecule has 0 aliphatic carbocycles. The maximum absolute atomic E-state index is 9.09. The lowest BCUT2D eigenvalue weighted by atomic mass is 9.96. The lowest BCUT2D eigenvalue weighted by Gasteiger charge is -2.08. The minimum Gasteiger partial charge on any atom is -0.329 e. The van der Waals surface area contributed by atoms with E-state index in [1.807, 2.05) is 49.4 Å². The van der Waals surface area contributed by atoms with Crippen LogP contribution in [0.4, 0.5) is 0 Å². The number of hydrogen-bond acceptors (Lipinski definition) is 3. The van der Waals surface area contributed by atoms with Crippen LogP contribution in [0.3, 0.4) is 0 Å². The minimum atomic E-state index is 0.569. The molecule has 2 nitrogen and oxygen atoms in total. The van der Waals surface area contributed by atoms with Crippen molar-refractivity contribution in [2.75, 3.05) is 12.4 Å². The summed E-state index contributed by atoms with van der Waals surface area (Å²) in [6.07, 6.45) is 0. The quantitative estimate of drug-likeness (QED) is 0.650. The molecule has 0 heterocycles. The molecule has 2 aromatic carbocycles. The Balaban J connectivity index is 0.000000444. The zero-order valence-electron chi connectivity index (χ0n) is 11.3. The first-order valence-corrected chi connectivity index (χ1v) is 7.17. The molecule has 0 radical (unpaired) electrons. The van der Waals surface area contributed by atoms with Gasteiger partial charge in [-0.15, -0.1) is 24.2 Å². The summed E-state index contributed by atoms with van der Waals surface area (Å²) in [5.74, 6) is 0.569. The first kappa shape index (κ1) is 16.6. The van der Waals surface area contributed by atoms with Crippen molar-refractivity contribution in [2.24, 2.45) is 5.73 Å². The summed E-state index contributed by atoms with van der Waals surface area (Å²) in [5.41, 5.74) is 8.80. The van der Waals surface area contributed by atoms with Gasteiger partial charge < -0.3 is 5.73 Å². The van der Waals surface area contributed by atoms with Gasteiger partial charge in [-0.1, -0.05) is 24.3 Å². The normalized spacial score (nSPS) is 9.35. The molecule has 0 aliphatic rings. The molecule has 0 aliphatic heterocycles. The molecule has 0 amide bonds. The molecule has 0 aromatic heterocycles. The number of benzene rings is 2. The molecule has 104 valence electrons. The molecule has 0 fully saturated rings. The van der Waals surface area contributed by atoms with Gasteiger partial charge in [0.05, 0.1) is 11.6 Å². The van der Waals surface area contributed by atoms with Crippen LogP contribution in [0.15, 0.2) is 47.4 Å². The van der Waals surface area contributed by atoms with Gasteiger partial charge in [0, 0.05) is 22.9 Å². The summed E-state index contributed by atoms with van der Waals surface area (Å²) in [6, 6.07) is 15.9. The summed E-state index contributed by atoms with van der Waals surface area (Å²) >= 11 is 9.31. The Morgan fingerprint density at radius 2 is 1.80 bits per heavy atom. The van der Waals surface area contributed by atoms with Gasteiger partial charge in [0.1, 0.15) is 0 Å². The van der Waals surface area contributed by atoms with Gasteiger partial charge in [-0.3, -0.25) is 0 Å². The van der Waals surface area contributed by atoms with E-state index in [2.05, 4.69) is 18.7 Å². The Labute approximate surface area is 130 Å². The molecule has 0 saturated heterocycles. The summed E-state index contributed by atoms with van der Waals surface area (Å²) in [4.78, 5) is 0.927. The van der Waals surface area contributed by atoms with Crippen molar-refractivity contribution in [3.63, 3.8) is 0 Å². The van der Waals surface area contributed by atoms with Crippen LogP contribution >= 0.6 is 24.2 Å². The van der Waals surface area contributed by atoms with Crippen LogP contribution in [0.5, 0.6) is 0 Å². The van der Waals surface area contributed by atoms with Crippen molar-refractivity contribution in [1.82, 2.24) is 0 Å².